The molecule has 0 bridgehead atoms. The first-order valence-corrected chi connectivity index (χ1v) is 7.78. The molecule has 1 aliphatic rings. The molecule has 1 aliphatic carbocycles. The standard InChI is InChI=1S/C17H19ClN2O/c1-2-10-21-16-8-6-13(11-14(16)18)20-15-7-5-12-4-3-9-19-17(12)15/h3-4,6,8-9,11,15,20H,2,5,7,10H2,1H3. The van der Waals surface area contributed by atoms with Crippen LogP contribution in [0.15, 0.2) is 36.5 Å². The van der Waals surface area contributed by atoms with E-state index < -0.39 is 0 Å². The van der Waals surface area contributed by atoms with E-state index >= 15 is 0 Å². The van der Waals surface area contributed by atoms with Crippen LogP contribution in [0.25, 0.3) is 0 Å². The summed E-state index contributed by atoms with van der Waals surface area (Å²) in [6, 6.07) is 10.3. The summed E-state index contributed by atoms with van der Waals surface area (Å²) in [5.74, 6) is 0.744. The molecule has 0 saturated carbocycles. The molecule has 2 aromatic rings. The van der Waals surface area contributed by atoms with Crippen molar-refractivity contribution in [3.8, 4) is 5.75 Å². The molecule has 1 unspecified atom stereocenters. The van der Waals surface area contributed by atoms with E-state index in [1.165, 1.54) is 5.56 Å². The molecule has 0 fully saturated rings. The van der Waals surface area contributed by atoms with Gasteiger partial charge in [-0.2, -0.15) is 0 Å². The van der Waals surface area contributed by atoms with Gasteiger partial charge >= 0.3 is 0 Å². The molecule has 1 aromatic carbocycles. The van der Waals surface area contributed by atoms with Crippen LogP contribution < -0.4 is 10.1 Å². The fraction of sp³-hybridized carbons (Fsp3) is 0.353. The Kier molecular flexibility index (Phi) is 4.30. The van der Waals surface area contributed by atoms with Gasteiger partial charge in [-0.1, -0.05) is 24.6 Å². The molecular weight excluding hydrogens is 284 g/mol. The number of aryl methyl sites for hydroxylation is 1. The number of benzene rings is 1. The number of pyridine rings is 1. The van der Waals surface area contributed by atoms with Gasteiger partial charge in [-0.25, -0.2) is 0 Å². The summed E-state index contributed by atoms with van der Waals surface area (Å²) in [6.45, 7) is 2.76. The molecule has 3 nitrogen and oxygen atoms in total. The van der Waals surface area contributed by atoms with Gasteiger partial charge < -0.3 is 10.1 Å². The molecule has 1 N–H and O–H groups in total. The summed E-state index contributed by atoms with van der Waals surface area (Å²) in [4.78, 5) is 4.50. The van der Waals surface area contributed by atoms with Crippen LogP contribution in [0.1, 0.15) is 37.1 Å². The van der Waals surface area contributed by atoms with Gasteiger partial charge in [-0.3, -0.25) is 4.98 Å². The molecular formula is C17H19ClN2O. The van der Waals surface area contributed by atoms with Crippen LogP contribution >= 0.6 is 11.6 Å². The topological polar surface area (TPSA) is 34.1 Å². The number of halogens is 1. The first kappa shape index (κ1) is 14.2. The summed E-state index contributed by atoms with van der Waals surface area (Å²) in [5.41, 5.74) is 3.50. The summed E-state index contributed by atoms with van der Waals surface area (Å²) >= 11 is 6.27. The molecule has 4 heteroatoms. The van der Waals surface area contributed by atoms with Crippen molar-refractivity contribution in [1.82, 2.24) is 4.98 Å². The Morgan fingerprint density at radius 1 is 1.38 bits per heavy atom. The molecule has 3 rings (SSSR count). The number of hydrogen-bond acceptors (Lipinski definition) is 3. The van der Waals surface area contributed by atoms with E-state index in [1.54, 1.807) is 0 Å². The average molecular weight is 303 g/mol. The summed E-state index contributed by atoms with van der Waals surface area (Å²) in [7, 11) is 0. The summed E-state index contributed by atoms with van der Waals surface area (Å²) in [6.07, 6.45) is 4.97. The number of hydrogen-bond donors (Lipinski definition) is 1. The van der Waals surface area contributed by atoms with Gasteiger partial charge in [0, 0.05) is 11.9 Å². The molecule has 0 spiro atoms. The Labute approximate surface area is 130 Å². The fourth-order valence-electron chi connectivity index (χ4n) is 2.67. The number of nitrogens with zero attached hydrogens (tertiary/aromatic N) is 1. The normalized spacial score (nSPS) is 16.6. The third-order valence-electron chi connectivity index (χ3n) is 3.69. The smallest absolute Gasteiger partial charge is 0.138 e. The maximum absolute atomic E-state index is 6.27. The van der Waals surface area contributed by atoms with Crippen molar-refractivity contribution < 1.29 is 4.74 Å². The van der Waals surface area contributed by atoms with E-state index in [0.29, 0.717) is 11.6 Å². The van der Waals surface area contributed by atoms with E-state index in [2.05, 4.69) is 23.3 Å². The van der Waals surface area contributed by atoms with Gasteiger partial charge in [0.25, 0.3) is 0 Å². The number of ether oxygens (including phenoxy) is 1. The monoisotopic (exact) mass is 302 g/mol. The van der Waals surface area contributed by atoms with Crippen molar-refractivity contribution in [2.45, 2.75) is 32.2 Å². The first-order valence-electron chi connectivity index (χ1n) is 7.40. The van der Waals surface area contributed by atoms with Gasteiger partial charge in [0.15, 0.2) is 0 Å². The van der Waals surface area contributed by atoms with E-state index in [-0.39, 0.29) is 6.04 Å². The lowest BCUT2D eigenvalue weighted by molar-refractivity contribution is 0.317. The van der Waals surface area contributed by atoms with E-state index in [4.69, 9.17) is 16.3 Å². The van der Waals surface area contributed by atoms with Crippen molar-refractivity contribution in [3.63, 3.8) is 0 Å². The lowest BCUT2D eigenvalue weighted by Crippen LogP contribution is -2.08. The van der Waals surface area contributed by atoms with Crippen molar-refractivity contribution >= 4 is 17.3 Å². The van der Waals surface area contributed by atoms with E-state index in [9.17, 15) is 0 Å². The minimum Gasteiger partial charge on any atom is -0.492 e. The molecule has 0 amide bonds. The van der Waals surface area contributed by atoms with Crippen molar-refractivity contribution in [3.05, 3.63) is 52.8 Å². The zero-order valence-corrected chi connectivity index (χ0v) is 12.9. The predicted molar refractivity (Wildman–Crippen MR) is 86.2 cm³/mol. The highest BCUT2D eigenvalue weighted by molar-refractivity contribution is 6.32. The highest BCUT2D eigenvalue weighted by Gasteiger charge is 2.23. The highest BCUT2D eigenvalue weighted by atomic mass is 35.5. The number of fused-ring (bicyclic) bond motifs is 1. The Morgan fingerprint density at radius 3 is 3.10 bits per heavy atom. The van der Waals surface area contributed by atoms with Crippen LogP contribution in [0.2, 0.25) is 5.02 Å². The van der Waals surface area contributed by atoms with Crippen LogP contribution in [0.5, 0.6) is 5.75 Å². The number of aromatic nitrogens is 1. The zero-order valence-electron chi connectivity index (χ0n) is 12.1. The third kappa shape index (κ3) is 3.13. The fourth-order valence-corrected chi connectivity index (χ4v) is 2.91. The molecule has 21 heavy (non-hydrogen) atoms. The molecule has 1 heterocycles. The molecule has 110 valence electrons. The van der Waals surface area contributed by atoms with Crippen LogP contribution in [0, 0.1) is 0 Å². The number of rotatable bonds is 5. The average Bonchev–Trinajstić information content (AvgIpc) is 2.90. The Morgan fingerprint density at radius 2 is 2.29 bits per heavy atom. The molecule has 0 radical (unpaired) electrons. The van der Waals surface area contributed by atoms with Crippen molar-refractivity contribution in [2.75, 3.05) is 11.9 Å². The van der Waals surface area contributed by atoms with Crippen LogP contribution in [-0.4, -0.2) is 11.6 Å². The molecule has 0 saturated heterocycles. The lowest BCUT2D eigenvalue weighted by atomic mass is 10.2. The minimum absolute atomic E-state index is 0.264. The van der Waals surface area contributed by atoms with Gasteiger partial charge in [0.1, 0.15) is 5.75 Å². The highest BCUT2D eigenvalue weighted by Crippen LogP contribution is 2.34. The maximum atomic E-state index is 6.27. The molecule has 1 atom stereocenters. The van der Waals surface area contributed by atoms with E-state index in [1.807, 2.05) is 30.5 Å². The summed E-state index contributed by atoms with van der Waals surface area (Å²) in [5, 5.41) is 4.16. The number of nitrogens with one attached hydrogen (secondary N) is 1. The van der Waals surface area contributed by atoms with Crippen LogP contribution in [0.4, 0.5) is 5.69 Å². The molecule has 0 aliphatic heterocycles. The molecule has 1 aromatic heterocycles. The maximum Gasteiger partial charge on any atom is 0.138 e. The SMILES string of the molecule is CCCOc1ccc(NC2CCc3cccnc32)cc1Cl. The quantitative estimate of drug-likeness (QED) is 0.875. The second-order valence-electron chi connectivity index (χ2n) is 5.28. The Hall–Kier alpha value is -1.74. The number of anilines is 1. The zero-order chi connectivity index (χ0) is 14.7. The summed E-state index contributed by atoms with van der Waals surface area (Å²) < 4.78 is 5.60. The second kappa shape index (κ2) is 6.35. The second-order valence-corrected chi connectivity index (χ2v) is 5.68. The van der Waals surface area contributed by atoms with E-state index in [0.717, 1.165) is 36.4 Å². The van der Waals surface area contributed by atoms with Gasteiger partial charge in [0.05, 0.1) is 23.4 Å². The van der Waals surface area contributed by atoms with Crippen LogP contribution in [-0.2, 0) is 6.42 Å². The first-order chi connectivity index (χ1) is 10.3. The Bertz CT molecular complexity index is 630. The Balaban J connectivity index is 1.73. The van der Waals surface area contributed by atoms with Gasteiger partial charge in [-0.05, 0) is 49.1 Å². The van der Waals surface area contributed by atoms with Crippen molar-refractivity contribution in [2.24, 2.45) is 0 Å². The van der Waals surface area contributed by atoms with Gasteiger partial charge in [0.2, 0.25) is 0 Å². The third-order valence-corrected chi connectivity index (χ3v) is 3.99. The largest absolute Gasteiger partial charge is 0.492 e. The predicted octanol–water partition coefficient (Wildman–Crippen LogP) is 4.62. The van der Waals surface area contributed by atoms with Gasteiger partial charge in [-0.15, -0.1) is 0 Å². The van der Waals surface area contributed by atoms with Crippen LogP contribution in [0.3, 0.4) is 0 Å². The van der Waals surface area contributed by atoms with Crippen molar-refractivity contribution in [1.29, 1.82) is 0 Å². The minimum atomic E-state index is 0.264. The lowest BCUT2D eigenvalue weighted by Gasteiger charge is -2.16.